The minimum Gasteiger partial charge on any atom is -0.445 e. The molecule has 0 spiro atoms. The third kappa shape index (κ3) is 6.37. The molecular weight excluding hydrogens is 465 g/mol. The van der Waals surface area contributed by atoms with Gasteiger partial charge >= 0.3 is 6.09 Å². The molecule has 0 aromatic heterocycles. The number of amides is 2. The molecule has 0 saturated carbocycles. The fraction of sp³-hybridized carbons (Fsp3) is 0.130. The summed E-state index contributed by atoms with van der Waals surface area (Å²) in [5.74, 6) is -1.10. The number of hydrogen-bond acceptors (Lipinski definition) is 4. The Labute approximate surface area is 187 Å². The van der Waals surface area contributed by atoms with Gasteiger partial charge in [0, 0.05) is 12.2 Å². The first-order valence-electron chi connectivity index (χ1n) is 9.48. The van der Waals surface area contributed by atoms with E-state index in [0.717, 1.165) is 11.1 Å². The van der Waals surface area contributed by atoms with Crippen molar-refractivity contribution in [2.75, 3.05) is 5.32 Å². The minimum atomic E-state index is -1.17. The molecule has 0 fully saturated rings. The van der Waals surface area contributed by atoms with Crippen molar-refractivity contribution in [1.82, 2.24) is 5.32 Å². The van der Waals surface area contributed by atoms with Gasteiger partial charge in [0.2, 0.25) is 0 Å². The molecule has 3 aromatic rings. The summed E-state index contributed by atoms with van der Waals surface area (Å²) in [6.45, 7) is 0.351. The summed E-state index contributed by atoms with van der Waals surface area (Å²) in [5, 5.41) is 5.25. The summed E-state index contributed by atoms with van der Waals surface area (Å²) in [7, 11) is 0. The van der Waals surface area contributed by atoms with E-state index in [9.17, 15) is 14.0 Å². The molecule has 0 unspecified atom stereocenters. The topological polar surface area (TPSA) is 93.5 Å². The summed E-state index contributed by atoms with van der Waals surface area (Å²) in [5.41, 5.74) is 8.05. The molecule has 0 bridgehead atoms. The Hall–Kier alpha value is -3.23. The summed E-state index contributed by atoms with van der Waals surface area (Å²) < 4.78 is 19.6. The van der Waals surface area contributed by atoms with Crippen molar-refractivity contribution in [3.8, 4) is 0 Å². The maximum absolute atomic E-state index is 14.1. The number of benzene rings is 3. The fourth-order valence-electron chi connectivity index (χ4n) is 2.87. The van der Waals surface area contributed by atoms with Crippen LogP contribution in [0.25, 0.3) is 0 Å². The lowest BCUT2D eigenvalue weighted by atomic mass is 10.1. The Bertz CT molecular complexity index is 1060. The van der Waals surface area contributed by atoms with Gasteiger partial charge in [-0.1, -0.05) is 48.5 Å². The SMILES string of the molecule is NCc1cccc(NC(=O)[C@H](NC(=O)OCc2ccccc2)c2ccc(Br)c(F)c2)c1. The number of nitrogens with one attached hydrogen (secondary N) is 2. The van der Waals surface area contributed by atoms with Crippen LogP contribution in [0, 0.1) is 5.82 Å². The predicted molar refractivity (Wildman–Crippen MR) is 120 cm³/mol. The summed E-state index contributed by atoms with van der Waals surface area (Å²) in [6.07, 6.45) is -0.803. The number of carbonyl (C=O) groups is 2. The van der Waals surface area contributed by atoms with Gasteiger partial charge in [-0.15, -0.1) is 0 Å². The first-order valence-corrected chi connectivity index (χ1v) is 10.3. The van der Waals surface area contributed by atoms with Crippen molar-refractivity contribution >= 4 is 33.6 Å². The molecule has 0 aliphatic rings. The second-order valence-corrected chi connectivity index (χ2v) is 7.56. The van der Waals surface area contributed by atoms with E-state index in [2.05, 4.69) is 26.6 Å². The van der Waals surface area contributed by atoms with Gasteiger partial charge in [0.15, 0.2) is 0 Å². The Morgan fingerprint density at radius 3 is 2.45 bits per heavy atom. The van der Waals surface area contributed by atoms with Crippen LogP contribution in [0.3, 0.4) is 0 Å². The molecule has 0 radical (unpaired) electrons. The number of ether oxygens (including phenoxy) is 1. The number of anilines is 1. The van der Waals surface area contributed by atoms with Gasteiger partial charge in [-0.25, -0.2) is 9.18 Å². The van der Waals surface area contributed by atoms with E-state index in [1.54, 1.807) is 24.3 Å². The van der Waals surface area contributed by atoms with Crippen LogP contribution in [0.1, 0.15) is 22.7 Å². The van der Waals surface area contributed by atoms with E-state index in [-0.39, 0.29) is 16.6 Å². The average Bonchev–Trinajstić information content (AvgIpc) is 2.78. The lowest BCUT2D eigenvalue weighted by molar-refractivity contribution is -0.118. The minimum absolute atomic E-state index is 0.0360. The van der Waals surface area contributed by atoms with Crippen LogP contribution in [-0.2, 0) is 22.7 Å². The molecule has 0 aliphatic carbocycles. The first kappa shape index (κ1) is 22.5. The van der Waals surface area contributed by atoms with Gasteiger partial charge in [-0.05, 0) is 56.9 Å². The molecule has 1 atom stereocenters. The molecule has 6 nitrogen and oxygen atoms in total. The van der Waals surface area contributed by atoms with Gasteiger partial charge < -0.3 is 21.1 Å². The van der Waals surface area contributed by atoms with Gasteiger partial charge in [-0.3, -0.25) is 4.79 Å². The molecule has 31 heavy (non-hydrogen) atoms. The molecule has 2 amide bonds. The van der Waals surface area contributed by atoms with Crippen molar-refractivity contribution in [3.05, 3.63) is 99.8 Å². The van der Waals surface area contributed by atoms with E-state index < -0.39 is 23.9 Å². The fourth-order valence-corrected chi connectivity index (χ4v) is 3.11. The lowest BCUT2D eigenvalue weighted by Gasteiger charge is -2.19. The van der Waals surface area contributed by atoms with Crippen LogP contribution in [0.4, 0.5) is 14.9 Å². The van der Waals surface area contributed by atoms with Crippen LogP contribution < -0.4 is 16.4 Å². The van der Waals surface area contributed by atoms with Gasteiger partial charge in [0.05, 0.1) is 4.47 Å². The average molecular weight is 486 g/mol. The summed E-state index contributed by atoms with van der Waals surface area (Å²) in [6, 6.07) is 19.2. The second-order valence-electron chi connectivity index (χ2n) is 6.71. The first-order chi connectivity index (χ1) is 15.0. The highest BCUT2D eigenvalue weighted by molar-refractivity contribution is 9.10. The monoisotopic (exact) mass is 485 g/mol. The molecule has 3 rings (SSSR count). The number of carbonyl (C=O) groups excluding carboxylic acids is 2. The maximum atomic E-state index is 14.1. The second kappa shape index (κ2) is 10.7. The number of alkyl carbamates (subject to hydrolysis) is 1. The third-order valence-electron chi connectivity index (χ3n) is 4.44. The Kier molecular flexibility index (Phi) is 7.75. The molecule has 0 saturated heterocycles. The van der Waals surface area contributed by atoms with E-state index >= 15 is 0 Å². The van der Waals surface area contributed by atoms with Crippen molar-refractivity contribution in [1.29, 1.82) is 0 Å². The van der Waals surface area contributed by atoms with Gasteiger partial charge in [0.25, 0.3) is 5.91 Å². The quantitative estimate of drug-likeness (QED) is 0.453. The van der Waals surface area contributed by atoms with Crippen molar-refractivity contribution in [3.63, 3.8) is 0 Å². The van der Waals surface area contributed by atoms with E-state index in [4.69, 9.17) is 10.5 Å². The zero-order chi connectivity index (χ0) is 22.2. The summed E-state index contributed by atoms with van der Waals surface area (Å²) in [4.78, 5) is 25.3. The highest BCUT2D eigenvalue weighted by atomic mass is 79.9. The lowest BCUT2D eigenvalue weighted by Crippen LogP contribution is -2.37. The molecule has 4 N–H and O–H groups in total. The predicted octanol–water partition coefficient (Wildman–Crippen LogP) is 4.65. The van der Waals surface area contributed by atoms with E-state index in [1.807, 2.05) is 36.4 Å². The normalized spacial score (nSPS) is 11.5. The van der Waals surface area contributed by atoms with Crippen LogP contribution >= 0.6 is 15.9 Å². The van der Waals surface area contributed by atoms with Crippen LogP contribution in [0.2, 0.25) is 0 Å². The summed E-state index contributed by atoms with van der Waals surface area (Å²) >= 11 is 3.09. The van der Waals surface area contributed by atoms with Crippen LogP contribution in [0.15, 0.2) is 77.3 Å². The van der Waals surface area contributed by atoms with E-state index in [1.165, 1.54) is 12.1 Å². The van der Waals surface area contributed by atoms with Crippen molar-refractivity contribution < 1.29 is 18.7 Å². The standard InChI is InChI=1S/C23H21BrFN3O3/c24-19-10-9-17(12-20(19)25)21(22(29)27-18-8-4-7-16(11-18)13-26)28-23(30)31-14-15-5-2-1-3-6-15/h1-12,21H,13-14,26H2,(H,27,29)(H,28,30)/t21-/m1/s1. The molecule has 0 aliphatic heterocycles. The largest absolute Gasteiger partial charge is 0.445 e. The number of halogens is 2. The van der Waals surface area contributed by atoms with Crippen molar-refractivity contribution in [2.45, 2.75) is 19.2 Å². The van der Waals surface area contributed by atoms with Crippen LogP contribution in [0.5, 0.6) is 0 Å². The highest BCUT2D eigenvalue weighted by Crippen LogP contribution is 2.23. The highest BCUT2D eigenvalue weighted by Gasteiger charge is 2.25. The zero-order valence-corrected chi connectivity index (χ0v) is 18.1. The van der Waals surface area contributed by atoms with E-state index in [0.29, 0.717) is 12.2 Å². The Morgan fingerprint density at radius 2 is 1.74 bits per heavy atom. The van der Waals surface area contributed by atoms with Crippen molar-refractivity contribution in [2.24, 2.45) is 5.73 Å². The number of nitrogens with two attached hydrogens (primary N) is 1. The third-order valence-corrected chi connectivity index (χ3v) is 5.09. The Morgan fingerprint density at radius 1 is 1.00 bits per heavy atom. The molecule has 3 aromatic carbocycles. The molecule has 160 valence electrons. The number of hydrogen-bond donors (Lipinski definition) is 3. The number of rotatable bonds is 7. The van der Waals surface area contributed by atoms with Gasteiger partial charge in [0.1, 0.15) is 18.5 Å². The maximum Gasteiger partial charge on any atom is 0.408 e. The Balaban J connectivity index is 1.77. The molecule has 0 heterocycles. The smallest absolute Gasteiger partial charge is 0.408 e. The molecular formula is C23H21BrFN3O3. The van der Waals surface area contributed by atoms with Crippen LogP contribution in [-0.4, -0.2) is 12.0 Å². The molecule has 8 heteroatoms. The zero-order valence-electron chi connectivity index (χ0n) is 16.5. The van der Waals surface area contributed by atoms with Gasteiger partial charge in [-0.2, -0.15) is 0 Å².